The second-order valence-corrected chi connectivity index (χ2v) is 6.13. The molecule has 0 saturated heterocycles. The van der Waals surface area contributed by atoms with Crippen LogP contribution < -0.4 is 20.3 Å². The summed E-state index contributed by atoms with van der Waals surface area (Å²) in [6.45, 7) is 2.72. The summed E-state index contributed by atoms with van der Waals surface area (Å²) in [5, 5.41) is 2.85. The number of H-pyrrole nitrogens is 1. The van der Waals surface area contributed by atoms with E-state index in [-0.39, 0.29) is 11.5 Å². The Hall–Kier alpha value is -3.61. The highest BCUT2D eigenvalue weighted by Crippen LogP contribution is 2.31. The Labute approximate surface area is 155 Å². The number of aromatic nitrogens is 2. The number of hydrogen-bond acceptors (Lipinski definition) is 5. The first kappa shape index (κ1) is 16.8. The van der Waals surface area contributed by atoms with E-state index in [0.29, 0.717) is 53.0 Å². The standard InChI is InChI=1S/C20H17N3O4/c1-12-9-18(24)23-19(21-12)13-3-2-4-15(10-13)22-20(25)14-5-6-16-17(11-14)27-8-7-26-16/h2-6,9-11H,7-8H2,1H3,(H,22,25)(H,21,23,24). The number of aryl methyl sites for hydroxylation is 1. The molecule has 1 amide bonds. The number of rotatable bonds is 3. The van der Waals surface area contributed by atoms with Crippen LogP contribution in [0, 0.1) is 6.92 Å². The molecule has 0 spiro atoms. The van der Waals surface area contributed by atoms with E-state index in [1.165, 1.54) is 6.07 Å². The molecule has 2 aromatic carbocycles. The van der Waals surface area contributed by atoms with E-state index < -0.39 is 0 Å². The largest absolute Gasteiger partial charge is 0.486 e. The number of benzene rings is 2. The van der Waals surface area contributed by atoms with E-state index in [9.17, 15) is 9.59 Å². The zero-order chi connectivity index (χ0) is 18.8. The third-order valence-electron chi connectivity index (χ3n) is 4.07. The summed E-state index contributed by atoms with van der Waals surface area (Å²) in [7, 11) is 0. The summed E-state index contributed by atoms with van der Waals surface area (Å²) < 4.78 is 11.0. The SMILES string of the molecule is Cc1cc(=O)[nH]c(-c2cccc(NC(=O)c3ccc4c(c3)OCCO4)c2)n1. The molecule has 0 unspecified atom stereocenters. The fraction of sp³-hybridized carbons (Fsp3) is 0.150. The fourth-order valence-corrected chi connectivity index (χ4v) is 2.85. The highest BCUT2D eigenvalue weighted by Gasteiger charge is 2.15. The van der Waals surface area contributed by atoms with E-state index in [4.69, 9.17) is 9.47 Å². The number of aromatic amines is 1. The molecule has 3 aromatic rings. The highest BCUT2D eigenvalue weighted by atomic mass is 16.6. The first-order valence-corrected chi connectivity index (χ1v) is 8.48. The van der Waals surface area contributed by atoms with Gasteiger partial charge in [-0.3, -0.25) is 9.59 Å². The van der Waals surface area contributed by atoms with Gasteiger partial charge >= 0.3 is 0 Å². The van der Waals surface area contributed by atoms with Crippen molar-refractivity contribution in [1.29, 1.82) is 0 Å². The fourth-order valence-electron chi connectivity index (χ4n) is 2.85. The number of fused-ring (bicyclic) bond motifs is 1. The Morgan fingerprint density at radius 2 is 1.89 bits per heavy atom. The molecule has 7 heteroatoms. The molecule has 1 aromatic heterocycles. The maximum absolute atomic E-state index is 12.6. The second kappa shape index (κ2) is 6.95. The molecule has 0 saturated carbocycles. The third-order valence-corrected chi connectivity index (χ3v) is 4.07. The normalized spacial score (nSPS) is 12.5. The van der Waals surface area contributed by atoms with Crippen molar-refractivity contribution in [2.24, 2.45) is 0 Å². The smallest absolute Gasteiger partial charge is 0.255 e. The monoisotopic (exact) mass is 363 g/mol. The van der Waals surface area contributed by atoms with Gasteiger partial charge in [0.15, 0.2) is 11.5 Å². The molecule has 1 aliphatic heterocycles. The summed E-state index contributed by atoms with van der Waals surface area (Å²) in [4.78, 5) is 31.3. The molecule has 0 bridgehead atoms. The van der Waals surface area contributed by atoms with E-state index in [1.807, 2.05) is 6.07 Å². The average molecular weight is 363 g/mol. The van der Waals surface area contributed by atoms with Gasteiger partial charge in [-0.15, -0.1) is 0 Å². The van der Waals surface area contributed by atoms with Crippen LogP contribution in [0.4, 0.5) is 5.69 Å². The number of anilines is 1. The molecule has 0 radical (unpaired) electrons. The van der Waals surface area contributed by atoms with Crippen molar-refractivity contribution in [2.45, 2.75) is 6.92 Å². The Bertz CT molecular complexity index is 1070. The van der Waals surface area contributed by atoms with Gasteiger partial charge < -0.3 is 19.8 Å². The second-order valence-electron chi connectivity index (χ2n) is 6.13. The number of nitrogens with one attached hydrogen (secondary N) is 2. The molecule has 136 valence electrons. The lowest BCUT2D eigenvalue weighted by molar-refractivity contribution is 0.102. The first-order chi connectivity index (χ1) is 13.1. The van der Waals surface area contributed by atoms with Crippen molar-refractivity contribution in [3.8, 4) is 22.9 Å². The number of nitrogens with zero attached hydrogens (tertiary/aromatic N) is 1. The zero-order valence-corrected chi connectivity index (χ0v) is 14.6. The molecule has 2 heterocycles. The lowest BCUT2D eigenvalue weighted by Crippen LogP contribution is -2.17. The summed E-state index contributed by atoms with van der Waals surface area (Å²) >= 11 is 0. The van der Waals surface area contributed by atoms with Crippen LogP contribution in [0.3, 0.4) is 0 Å². The predicted octanol–water partition coefficient (Wildman–Crippen LogP) is 2.77. The van der Waals surface area contributed by atoms with Crippen molar-refractivity contribution < 1.29 is 14.3 Å². The van der Waals surface area contributed by atoms with Gasteiger partial charge in [-0.2, -0.15) is 0 Å². The van der Waals surface area contributed by atoms with Crippen LogP contribution in [-0.2, 0) is 0 Å². The van der Waals surface area contributed by atoms with Gasteiger partial charge in [0.1, 0.15) is 19.0 Å². The molecular weight excluding hydrogens is 346 g/mol. The molecule has 2 N–H and O–H groups in total. The predicted molar refractivity (Wildman–Crippen MR) is 100 cm³/mol. The van der Waals surface area contributed by atoms with E-state index in [2.05, 4.69) is 15.3 Å². The van der Waals surface area contributed by atoms with Gasteiger partial charge in [-0.05, 0) is 37.3 Å². The summed E-state index contributed by atoms with van der Waals surface area (Å²) in [5.74, 6) is 1.38. The minimum Gasteiger partial charge on any atom is -0.486 e. The Morgan fingerprint density at radius 3 is 2.70 bits per heavy atom. The molecule has 4 rings (SSSR count). The van der Waals surface area contributed by atoms with Gasteiger partial charge in [-0.25, -0.2) is 4.98 Å². The molecular formula is C20H17N3O4. The number of amides is 1. The minimum atomic E-state index is -0.269. The van der Waals surface area contributed by atoms with Crippen molar-refractivity contribution in [3.63, 3.8) is 0 Å². The molecule has 0 atom stereocenters. The summed E-state index contributed by atoms with van der Waals surface area (Å²) in [6, 6.07) is 13.6. The van der Waals surface area contributed by atoms with Gasteiger partial charge in [0, 0.05) is 28.6 Å². The topological polar surface area (TPSA) is 93.3 Å². The van der Waals surface area contributed by atoms with Crippen molar-refractivity contribution in [2.75, 3.05) is 18.5 Å². The van der Waals surface area contributed by atoms with Crippen LogP contribution >= 0.6 is 0 Å². The Morgan fingerprint density at radius 1 is 1.07 bits per heavy atom. The average Bonchev–Trinajstić information content (AvgIpc) is 2.67. The van der Waals surface area contributed by atoms with Crippen LogP contribution in [0.15, 0.2) is 53.3 Å². The molecule has 0 aliphatic carbocycles. The number of ether oxygens (including phenoxy) is 2. The van der Waals surface area contributed by atoms with Crippen molar-refractivity contribution in [3.05, 3.63) is 70.1 Å². The van der Waals surface area contributed by atoms with Crippen LogP contribution in [0.2, 0.25) is 0 Å². The van der Waals surface area contributed by atoms with Gasteiger partial charge in [0.2, 0.25) is 0 Å². The zero-order valence-electron chi connectivity index (χ0n) is 14.6. The first-order valence-electron chi connectivity index (χ1n) is 8.48. The summed E-state index contributed by atoms with van der Waals surface area (Å²) in [5.41, 5.74) is 2.17. The molecule has 7 nitrogen and oxygen atoms in total. The Balaban J connectivity index is 1.58. The van der Waals surface area contributed by atoms with Crippen LogP contribution in [-0.4, -0.2) is 29.1 Å². The van der Waals surface area contributed by atoms with Crippen molar-refractivity contribution in [1.82, 2.24) is 9.97 Å². The minimum absolute atomic E-state index is 0.219. The molecule has 1 aliphatic rings. The van der Waals surface area contributed by atoms with Gasteiger partial charge in [-0.1, -0.05) is 12.1 Å². The molecule has 27 heavy (non-hydrogen) atoms. The van der Waals surface area contributed by atoms with E-state index >= 15 is 0 Å². The van der Waals surface area contributed by atoms with Crippen molar-refractivity contribution >= 4 is 11.6 Å². The van der Waals surface area contributed by atoms with Crippen LogP contribution in [0.1, 0.15) is 16.1 Å². The lowest BCUT2D eigenvalue weighted by atomic mass is 10.1. The van der Waals surface area contributed by atoms with E-state index in [1.54, 1.807) is 43.3 Å². The maximum Gasteiger partial charge on any atom is 0.255 e. The number of carbonyl (C=O) groups is 1. The van der Waals surface area contributed by atoms with E-state index in [0.717, 1.165) is 0 Å². The number of hydrogen-bond donors (Lipinski definition) is 2. The number of carbonyl (C=O) groups excluding carboxylic acids is 1. The highest BCUT2D eigenvalue weighted by molar-refractivity contribution is 6.04. The summed E-state index contributed by atoms with van der Waals surface area (Å²) in [6.07, 6.45) is 0. The Kier molecular flexibility index (Phi) is 4.33. The maximum atomic E-state index is 12.6. The van der Waals surface area contributed by atoms with Gasteiger partial charge in [0.05, 0.1) is 0 Å². The van der Waals surface area contributed by atoms with Crippen LogP contribution in [0.5, 0.6) is 11.5 Å². The van der Waals surface area contributed by atoms with Crippen LogP contribution in [0.25, 0.3) is 11.4 Å². The molecule has 0 fully saturated rings. The third kappa shape index (κ3) is 3.67. The van der Waals surface area contributed by atoms with Gasteiger partial charge in [0.25, 0.3) is 11.5 Å². The lowest BCUT2D eigenvalue weighted by Gasteiger charge is -2.18. The quantitative estimate of drug-likeness (QED) is 0.746.